The SMILES string of the molecule is NCc1cc(C2CCCNC2)c[nH]c1=O. The highest BCUT2D eigenvalue weighted by molar-refractivity contribution is 5.22. The largest absolute Gasteiger partial charge is 0.329 e. The van der Waals surface area contributed by atoms with Gasteiger partial charge in [-0.3, -0.25) is 4.79 Å². The molecule has 15 heavy (non-hydrogen) atoms. The molecule has 0 aliphatic carbocycles. The van der Waals surface area contributed by atoms with Crippen LogP contribution in [0.25, 0.3) is 0 Å². The number of piperidine rings is 1. The molecular weight excluding hydrogens is 190 g/mol. The number of rotatable bonds is 2. The fourth-order valence-corrected chi connectivity index (χ4v) is 2.07. The van der Waals surface area contributed by atoms with E-state index < -0.39 is 0 Å². The van der Waals surface area contributed by atoms with Gasteiger partial charge in [-0.1, -0.05) is 0 Å². The highest BCUT2D eigenvalue weighted by Crippen LogP contribution is 2.22. The van der Waals surface area contributed by atoms with Gasteiger partial charge in [0, 0.05) is 24.8 Å². The first-order chi connectivity index (χ1) is 7.31. The van der Waals surface area contributed by atoms with Crippen LogP contribution in [0.3, 0.4) is 0 Å². The van der Waals surface area contributed by atoms with E-state index in [1.54, 1.807) is 0 Å². The Hall–Kier alpha value is -1.13. The van der Waals surface area contributed by atoms with Crippen LogP contribution in [-0.2, 0) is 6.54 Å². The fourth-order valence-electron chi connectivity index (χ4n) is 2.07. The van der Waals surface area contributed by atoms with Crippen molar-refractivity contribution in [2.75, 3.05) is 13.1 Å². The van der Waals surface area contributed by atoms with E-state index >= 15 is 0 Å². The van der Waals surface area contributed by atoms with Crippen LogP contribution in [0.5, 0.6) is 0 Å². The minimum Gasteiger partial charge on any atom is -0.329 e. The van der Waals surface area contributed by atoms with Crippen molar-refractivity contribution in [1.82, 2.24) is 10.3 Å². The number of pyridine rings is 1. The first kappa shape index (κ1) is 10.4. The van der Waals surface area contributed by atoms with Crippen molar-refractivity contribution in [3.05, 3.63) is 33.7 Å². The molecule has 1 aromatic rings. The first-order valence-electron chi connectivity index (χ1n) is 5.43. The molecule has 4 heteroatoms. The summed E-state index contributed by atoms with van der Waals surface area (Å²) in [6.07, 6.45) is 4.20. The van der Waals surface area contributed by atoms with Crippen molar-refractivity contribution in [2.45, 2.75) is 25.3 Å². The van der Waals surface area contributed by atoms with Crippen molar-refractivity contribution in [3.8, 4) is 0 Å². The van der Waals surface area contributed by atoms with E-state index in [1.807, 2.05) is 12.3 Å². The van der Waals surface area contributed by atoms with Crippen molar-refractivity contribution in [1.29, 1.82) is 0 Å². The van der Waals surface area contributed by atoms with Gasteiger partial charge in [-0.05, 0) is 36.9 Å². The van der Waals surface area contributed by atoms with Crippen LogP contribution in [0.2, 0.25) is 0 Å². The van der Waals surface area contributed by atoms with Crippen molar-refractivity contribution >= 4 is 0 Å². The maximum atomic E-state index is 11.3. The zero-order valence-electron chi connectivity index (χ0n) is 8.75. The lowest BCUT2D eigenvalue weighted by molar-refractivity contribution is 0.460. The molecule has 1 aliphatic heterocycles. The van der Waals surface area contributed by atoms with E-state index in [4.69, 9.17) is 5.73 Å². The predicted molar refractivity (Wildman–Crippen MR) is 59.8 cm³/mol. The highest BCUT2D eigenvalue weighted by Gasteiger charge is 2.15. The minimum absolute atomic E-state index is 0.0648. The van der Waals surface area contributed by atoms with E-state index in [2.05, 4.69) is 10.3 Å². The topological polar surface area (TPSA) is 70.9 Å². The Labute approximate surface area is 88.9 Å². The fraction of sp³-hybridized carbons (Fsp3) is 0.545. The van der Waals surface area contributed by atoms with Gasteiger partial charge >= 0.3 is 0 Å². The Morgan fingerprint density at radius 3 is 3.07 bits per heavy atom. The Balaban J connectivity index is 2.23. The Morgan fingerprint density at radius 2 is 2.40 bits per heavy atom. The van der Waals surface area contributed by atoms with Gasteiger partial charge in [-0.2, -0.15) is 0 Å². The number of nitrogens with one attached hydrogen (secondary N) is 2. The van der Waals surface area contributed by atoms with Crippen molar-refractivity contribution in [3.63, 3.8) is 0 Å². The molecule has 0 radical (unpaired) electrons. The Morgan fingerprint density at radius 1 is 1.53 bits per heavy atom. The number of nitrogens with two attached hydrogens (primary N) is 1. The van der Waals surface area contributed by atoms with Crippen LogP contribution in [0.1, 0.15) is 29.9 Å². The van der Waals surface area contributed by atoms with Gasteiger partial charge in [0.15, 0.2) is 0 Å². The second-order valence-electron chi connectivity index (χ2n) is 4.03. The molecule has 1 atom stereocenters. The van der Waals surface area contributed by atoms with Gasteiger partial charge in [-0.15, -0.1) is 0 Å². The second kappa shape index (κ2) is 4.59. The number of hydrogen-bond acceptors (Lipinski definition) is 3. The molecule has 0 aromatic carbocycles. The third kappa shape index (κ3) is 2.27. The smallest absolute Gasteiger partial charge is 0.252 e. The number of aromatic nitrogens is 1. The Kier molecular flexibility index (Phi) is 3.18. The summed E-state index contributed by atoms with van der Waals surface area (Å²) in [4.78, 5) is 14.1. The molecule has 0 amide bonds. The summed E-state index contributed by atoms with van der Waals surface area (Å²) in [6, 6.07) is 1.94. The lowest BCUT2D eigenvalue weighted by Gasteiger charge is -2.23. The molecule has 1 aliphatic rings. The standard InChI is InChI=1S/C11H17N3O/c12-5-9-4-10(7-14-11(9)15)8-2-1-3-13-6-8/h4,7-8,13H,1-3,5-6,12H2,(H,14,15). The molecule has 2 rings (SSSR count). The third-order valence-electron chi connectivity index (χ3n) is 2.99. The van der Waals surface area contributed by atoms with Crippen LogP contribution in [-0.4, -0.2) is 18.1 Å². The normalized spacial score (nSPS) is 21.5. The van der Waals surface area contributed by atoms with Gasteiger partial charge in [-0.25, -0.2) is 0 Å². The van der Waals surface area contributed by atoms with Crippen molar-refractivity contribution in [2.24, 2.45) is 5.73 Å². The van der Waals surface area contributed by atoms with Gasteiger partial charge in [0.05, 0.1) is 0 Å². The summed E-state index contributed by atoms with van der Waals surface area (Å²) in [7, 11) is 0. The molecule has 0 saturated carbocycles. The molecule has 82 valence electrons. The van der Waals surface area contributed by atoms with E-state index in [-0.39, 0.29) is 5.56 Å². The minimum atomic E-state index is -0.0648. The van der Waals surface area contributed by atoms with E-state index in [0.29, 0.717) is 18.0 Å². The van der Waals surface area contributed by atoms with Crippen LogP contribution in [0.4, 0.5) is 0 Å². The van der Waals surface area contributed by atoms with Crippen LogP contribution >= 0.6 is 0 Å². The molecule has 1 aromatic heterocycles. The van der Waals surface area contributed by atoms with Crippen LogP contribution in [0, 0.1) is 0 Å². The molecule has 1 fully saturated rings. The Bertz CT molecular complexity index is 380. The molecule has 0 spiro atoms. The van der Waals surface area contributed by atoms with Crippen molar-refractivity contribution < 1.29 is 0 Å². The monoisotopic (exact) mass is 207 g/mol. The summed E-state index contributed by atoms with van der Waals surface area (Å²) in [5, 5.41) is 3.36. The first-order valence-corrected chi connectivity index (χ1v) is 5.43. The van der Waals surface area contributed by atoms with E-state index in [1.165, 1.54) is 18.4 Å². The number of H-pyrrole nitrogens is 1. The zero-order valence-corrected chi connectivity index (χ0v) is 8.75. The summed E-state index contributed by atoms with van der Waals surface area (Å²) in [5.41, 5.74) is 7.32. The zero-order chi connectivity index (χ0) is 10.7. The lowest BCUT2D eigenvalue weighted by Crippen LogP contribution is -2.29. The average molecular weight is 207 g/mol. The molecular formula is C11H17N3O. The molecule has 4 nitrogen and oxygen atoms in total. The molecule has 1 unspecified atom stereocenters. The molecule has 1 saturated heterocycles. The van der Waals surface area contributed by atoms with Crippen LogP contribution < -0.4 is 16.6 Å². The van der Waals surface area contributed by atoms with Gasteiger partial charge < -0.3 is 16.0 Å². The van der Waals surface area contributed by atoms with E-state index in [9.17, 15) is 4.79 Å². The summed E-state index contributed by atoms with van der Waals surface area (Å²) in [6.45, 7) is 2.41. The molecule has 4 N–H and O–H groups in total. The highest BCUT2D eigenvalue weighted by atomic mass is 16.1. The maximum Gasteiger partial charge on any atom is 0.252 e. The van der Waals surface area contributed by atoms with E-state index in [0.717, 1.165) is 13.1 Å². The lowest BCUT2D eigenvalue weighted by atomic mass is 9.92. The molecule has 0 bridgehead atoms. The quantitative estimate of drug-likeness (QED) is 0.653. The second-order valence-corrected chi connectivity index (χ2v) is 4.03. The number of aromatic amines is 1. The summed E-state index contributed by atoms with van der Waals surface area (Å²) in [5.74, 6) is 0.515. The van der Waals surface area contributed by atoms with Gasteiger partial charge in [0.2, 0.25) is 0 Å². The molecule has 2 heterocycles. The maximum absolute atomic E-state index is 11.3. The van der Waals surface area contributed by atoms with Gasteiger partial charge in [0.1, 0.15) is 0 Å². The summed E-state index contributed by atoms with van der Waals surface area (Å²) < 4.78 is 0. The van der Waals surface area contributed by atoms with Gasteiger partial charge in [0.25, 0.3) is 5.56 Å². The summed E-state index contributed by atoms with van der Waals surface area (Å²) >= 11 is 0. The predicted octanol–water partition coefficient (Wildman–Crippen LogP) is 0.301. The third-order valence-corrected chi connectivity index (χ3v) is 2.99. The number of hydrogen-bond donors (Lipinski definition) is 3. The average Bonchev–Trinajstić information content (AvgIpc) is 2.31. The van der Waals surface area contributed by atoms with Crippen LogP contribution in [0.15, 0.2) is 17.1 Å².